The number of halogens is 1. The maximum absolute atomic E-state index is 13.9. The molecule has 3 aromatic rings. The standard InChI is InChI=1S/C30H36ClN3O4S/c1-6-23(4)32-30(36)24(5)33(19-25-10-8-7-9-11-25)29(35)20-34(27-15-12-21(2)22(3)18-27)39(37,38)28-16-13-26(31)14-17-28/h7-18,23-24H,6,19-20H2,1-5H3,(H,32,36)/t23-,24-/m0/s1. The van der Waals surface area contributed by atoms with Gasteiger partial charge in [-0.25, -0.2) is 8.42 Å². The number of nitrogens with one attached hydrogen (secondary N) is 1. The highest BCUT2D eigenvalue weighted by molar-refractivity contribution is 7.92. The number of hydrogen-bond acceptors (Lipinski definition) is 4. The fraction of sp³-hybridized carbons (Fsp3) is 0.333. The number of nitrogens with zero attached hydrogens (tertiary/aromatic N) is 2. The largest absolute Gasteiger partial charge is 0.352 e. The van der Waals surface area contributed by atoms with Gasteiger partial charge in [0, 0.05) is 17.6 Å². The molecule has 0 heterocycles. The van der Waals surface area contributed by atoms with Crippen molar-refractivity contribution in [3.05, 3.63) is 94.5 Å². The van der Waals surface area contributed by atoms with Crippen LogP contribution in [0.25, 0.3) is 0 Å². The van der Waals surface area contributed by atoms with E-state index in [1.165, 1.54) is 29.2 Å². The van der Waals surface area contributed by atoms with Crippen molar-refractivity contribution in [3.63, 3.8) is 0 Å². The number of aryl methyl sites for hydroxylation is 2. The smallest absolute Gasteiger partial charge is 0.264 e. The van der Waals surface area contributed by atoms with E-state index in [1.807, 2.05) is 64.1 Å². The number of sulfonamides is 1. The van der Waals surface area contributed by atoms with Crippen LogP contribution in [-0.4, -0.2) is 43.8 Å². The van der Waals surface area contributed by atoms with Gasteiger partial charge in [-0.05, 0) is 87.2 Å². The van der Waals surface area contributed by atoms with Crippen molar-refractivity contribution in [1.29, 1.82) is 0 Å². The fourth-order valence-electron chi connectivity index (χ4n) is 3.97. The molecular formula is C30H36ClN3O4S. The molecule has 2 amide bonds. The first-order valence-corrected chi connectivity index (χ1v) is 14.7. The zero-order valence-corrected chi connectivity index (χ0v) is 24.6. The fourth-order valence-corrected chi connectivity index (χ4v) is 5.50. The predicted molar refractivity (Wildman–Crippen MR) is 156 cm³/mol. The second-order valence-corrected chi connectivity index (χ2v) is 12.0. The maximum Gasteiger partial charge on any atom is 0.264 e. The molecule has 0 spiro atoms. The monoisotopic (exact) mass is 569 g/mol. The van der Waals surface area contributed by atoms with Gasteiger partial charge in [-0.1, -0.05) is 54.9 Å². The van der Waals surface area contributed by atoms with Crippen LogP contribution in [0.1, 0.15) is 43.9 Å². The molecule has 39 heavy (non-hydrogen) atoms. The lowest BCUT2D eigenvalue weighted by atomic mass is 10.1. The summed E-state index contributed by atoms with van der Waals surface area (Å²) in [7, 11) is -4.14. The minimum absolute atomic E-state index is 0.00935. The van der Waals surface area contributed by atoms with Crippen molar-refractivity contribution in [2.24, 2.45) is 0 Å². The van der Waals surface area contributed by atoms with Crippen LogP contribution in [0.15, 0.2) is 77.7 Å². The van der Waals surface area contributed by atoms with Crippen LogP contribution >= 0.6 is 11.6 Å². The minimum Gasteiger partial charge on any atom is -0.352 e. The lowest BCUT2D eigenvalue weighted by Gasteiger charge is -2.32. The van der Waals surface area contributed by atoms with Crippen LogP contribution in [0.2, 0.25) is 5.02 Å². The lowest BCUT2D eigenvalue weighted by Crippen LogP contribution is -2.52. The quantitative estimate of drug-likeness (QED) is 0.331. The molecule has 9 heteroatoms. The minimum atomic E-state index is -4.14. The lowest BCUT2D eigenvalue weighted by molar-refractivity contribution is -0.139. The summed E-state index contributed by atoms with van der Waals surface area (Å²) in [5, 5.41) is 3.33. The molecule has 0 aliphatic rings. The number of rotatable bonds is 11. The van der Waals surface area contributed by atoms with Crippen molar-refractivity contribution in [3.8, 4) is 0 Å². The maximum atomic E-state index is 13.9. The van der Waals surface area contributed by atoms with Crippen LogP contribution in [0, 0.1) is 13.8 Å². The molecule has 0 saturated heterocycles. The van der Waals surface area contributed by atoms with E-state index in [2.05, 4.69) is 5.32 Å². The number of anilines is 1. The van der Waals surface area contributed by atoms with Crippen LogP contribution in [0.4, 0.5) is 5.69 Å². The Hall–Kier alpha value is -3.36. The van der Waals surface area contributed by atoms with Gasteiger partial charge >= 0.3 is 0 Å². The Bertz CT molecular complexity index is 1400. The third kappa shape index (κ3) is 7.61. The summed E-state index contributed by atoms with van der Waals surface area (Å²) in [5.74, 6) is -0.798. The van der Waals surface area contributed by atoms with Crippen molar-refractivity contribution in [2.45, 2.75) is 64.6 Å². The normalized spacial score (nSPS) is 12.9. The number of benzene rings is 3. The summed E-state index contributed by atoms with van der Waals surface area (Å²) < 4.78 is 28.9. The second kappa shape index (κ2) is 13.1. The van der Waals surface area contributed by atoms with Crippen LogP contribution in [0.5, 0.6) is 0 Å². The molecule has 0 fully saturated rings. The van der Waals surface area contributed by atoms with Gasteiger partial charge in [0.25, 0.3) is 10.0 Å². The Labute approximate surface area is 236 Å². The third-order valence-corrected chi connectivity index (χ3v) is 8.86. The molecule has 0 aliphatic carbocycles. The summed E-state index contributed by atoms with van der Waals surface area (Å²) in [4.78, 5) is 28.5. The van der Waals surface area contributed by atoms with E-state index in [0.717, 1.165) is 27.4 Å². The Kier molecular flexibility index (Phi) is 10.2. The SMILES string of the molecule is CC[C@H](C)NC(=O)[C@H](C)N(Cc1ccccc1)C(=O)CN(c1ccc(C)c(C)c1)S(=O)(=O)c1ccc(Cl)cc1. The van der Waals surface area contributed by atoms with E-state index < -0.39 is 28.5 Å². The molecule has 0 aliphatic heterocycles. The highest BCUT2D eigenvalue weighted by Crippen LogP contribution is 2.27. The van der Waals surface area contributed by atoms with E-state index in [-0.39, 0.29) is 23.4 Å². The van der Waals surface area contributed by atoms with Crippen molar-refractivity contribution < 1.29 is 18.0 Å². The van der Waals surface area contributed by atoms with E-state index in [1.54, 1.807) is 19.1 Å². The molecule has 1 N–H and O–H groups in total. The van der Waals surface area contributed by atoms with Gasteiger partial charge in [0.05, 0.1) is 10.6 Å². The molecule has 3 rings (SSSR count). The number of carbonyl (C=O) groups is 2. The zero-order chi connectivity index (χ0) is 28.7. The van der Waals surface area contributed by atoms with E-state index in [4.69, 9.17) is 11.6 Å². The highest BCUT2D eigenvalue weighted by atomic mass is 35.5. The van der Waals surface area contributed by atoms with Crippen LogP contribution < -0.4 is 9.62 Å². The topological polar surface area (TPSA) is 86.8 Å². The summed E-state index contributed by atoms with van der Waals surface area (Å²) in [5.41, 5.74) is 3.07. The predicted octanol–water partition coefficient (Wildman–Crippen LogP) is 5.48. The Balaban J connectivity index is 2.04. The molecule has 0 saturated carbocycles. The van der Waals surface area contributed by atoms with Crippen LogP contribution in [0.3, 0.4) is 0 Å². The zero-order valence-electron chi connectivity index (χ0n) is 23.0. The Morgan fingerprint density at radius 2 is 1.56 bits per heavy atom. The van der Waals surface area contributed by atoms with Crippen LogP contribution in [-0.2, 0) is 26.2 Å². The summed E-state index contributed by atoms with van der Waals surface area (Å²) in [6, 6.07) is 19.5. The molecule has 2 atom stereocenters. The average Bonchev–Trinajstić information content (AvgIpc) is 2.92. The Morgan fingerprint density at radius 1 is 0.923 bits per heavy atom. The number of hydrogen-bond donors (Lipinski definition) is 1. The van der Waals surface area contributed by atoms with Crippen molar-refractivity contribution in [2.75, 3.05) is 10.8 Å². The summed E-state index contributed by atoms with van der Waals surface area (Å²) >= 11 is 6.00. The second-order valence-electron chi connectivity index (χ2n) is 9.74. The van der Waals surface area contributed by atoms with E-state index >= 15 is 0 Å². The molecule has 0 bridgehead atoms. The van der Waals surface area contributed by atoms with E-state index in [9.17, 15) is 18.0 Å². The van der Waals surface area contributed by atoms with Gasteiger partial charge in [0.15, 0.2) is 0 Å². The van der Waals surface area contributed by atoms with Gasteiger partial charge in [0.1, 0.15) is 12.6 Å². The number of amides is 2. The molecule has 0 radical (unpaired) electrons. The molecule has 0 aromatic heterocycles. The third-order valence-electron chi connectivity index (χ3n) is 6.82. The molecule has 7 nitrogen and oxygen atoms in total. The first-order valence-electron chi connectivity index (χ1n) is 12.9. The van der Waals surface area contributed by atoms with Gasteiger partial charge in [-0.2, -0.15) is 0 Å². The summed E-state index contributed by atoms with van der Waals surface area (Å²) in [6.45, 7) is 9.00. The molecule has 208 valence electrons. The molecule has 3 aromatic carbocycles. The number of carbonyl (C=O) groups excluding carboxylic acids is 2. The average molecular weight is 570 g/mol. The van der Waals surface area contributed by atoms with Gasteiger partial charge in [-0.3, -0.25) is 13.9 Å². The van der Waals surface area contributed by atoms with E-state index in [0.29, 0.717) is 10.7 Å². The van der Waals surface area contributed by atoms with Crippen molar-refractivity contribution in [1.82, 2.24) is 10.2 Å². The first kappa shape index (κ1) is 30.2. The van der Waals surface area contributed by atoms with Gasteiger partial charge in [-0.15, -0.1) is 0 Å². The Morgan fingerprint density at radius 3 is 2.15 bits per heavy atom. The highest BCUT2D eigenvalue weighted by Gasteiger charge is 2.33. The van der Waals surface area contributed by atoms with Gasteiger partial charge < -0.3 is 10.2 Å². The molecule has 0 unspecified atom stereocenters. The summed E-state index contributed by atoms with van der Waals surface area (Å²) in [6.07, 6.45) is 0.741. The van der Waals surface area contributed by atoms with Gasteiger partial charge in [0.2, 0.25) is 11.8 Å². The first-order chi connectivity index (χ1) is 18.4. The molecular weight excluding hydrogens is 534 g/mol. The van der Waals surface area contributed by atoms with Crippen molar-refractivity contribution >= 4 is 39.1 Å².